The molecule has 1 N–H and O–H groups in total. The highest BCUT2D eigenvalue weighted by atomic mass is 79.9. The van der Waals surface area contributed by atoms with E-state index in [-0.39, 0.29) is 0 Å². The Balaban J connectivity index is 2.41. The molecular formula is C9H15BrN2O2S2. The van der Waals surface area contributed by atoms with Crippen molar-refractivity contribution in [2.75, 3.05) is 11.9 Å². The zero-order valence-electron chi connectivity index (χ0n) is 9.07. The Labute approximate surface area is 109 Å². The Kier molecular flexibility index (Phi) is 5.88. The summed E-state index contributed by atoms with van der Waals surface area (Å²) >= 11 is 4.53. The zero-order valence-corrected chi connectivity index (χ0v) is 12.3. The van der Waals surface area contributed by atoms with Gasteiger partial charge in [-0.2, -0.15) is 0 Å². The van der Waals surface area contributed by atoms with Crippen molar-refractivity contribution in [1.82, 2.24) is 9.71 Å². The lowest BCUT2D eigenvalue weighted by Gasteiger charge is -2.03. The molecule has 0 aliphatic rings. The second-order valence-corrected chi connectivity index (χ2v) is 7.37. The van der Waals surface area contributed by atoms with Crippen LogP contribution in [-0.2, 0) is 10.0 Å². The molecule has 0 atom stereocenters. The van der Waals surface area contributed by atoms with Crippen molar-refractivity contribution in [1.29, 1.82) is 0 Å². The number of alkyl halides is 1. The number of hydrogen-bond donors (Lipinski definition) is 1. The summed E-state index contributed by atoms with van der Waals surface area (Å²) in [5.41, 5.74) is 0. The lowest BCUT2D eigenvalue weighted by molar-refractivity contribution is 0.578. The van der Waals surface area contributed by atoms with Crippen LogP contribution in [0.5, 0.6) is 0 Å². The zero-order chi connectivity index (χ0) is 12.0. The number of aryl methyl sites for hydroxylation is 1. The van der Waals surface area contributed by atoms with E-state index in [1.54, 1.807) is 6.92 Å². The topological polar surface area (TPSA) is 59.1 Å². The lowest BCUT2D eigenvalue weighted by atomic mass is 10.3. The van der Waals surface area contributed by atoms with Crippen molar-refractivity contribution >= 4 is 37.3 Å². The average molecular weight is 327 g/mol. The van der Waals surface area contributed by atoms with Crippen molar-refractivity contribution in [3.8, 4) is 0 Å². The van der Waals surface area contributed by atoms with E-state index < -0.39 is 10.0 Å². The van der Waals surface area contributed by atoms with Crippen molar-refractivity contribution in [2.24, 2.45) is 0 Å². The molecule has 92 valence electrons. The Bertz CT molecular complexity index is 417. The van der Waals surface area contributed by atoms with Gasteiger partial charge in [0.05, 0.1) is 11.2 Å². The maximum absolute atomic E-state index is 11.7. The fourth-order valence-corrected chi connectivity index (χ4v) is 3.76. The standard InChI is InChI=1S/C9H15BrN2O2S2/c1-8-11-7-9(15-8)16(13,14)12-6-4-2-3-5-10/h7,12H,2-6H2,1H3. The minimum atomic E-state index is -3.33. The molecule has 1 aromatic heterocycles. The first-order chi connectivity index (χ1) is 7.56. The van der Waals surface area contributed by atoms with Gasteiger partial charge in [-0.05, 0) is 19.8 Å². The van der Waals surface area contributed by atoms with Gasteiger partial charge >= 0.3 is 0 Å². The van der Waals surface area contributed by atoms with E-state index in [0.29, 0.717) is 10.8 Å². The van der Waals surface area contributed by atoms with Crippen LogP contribution in [-0.4, -0.2) is 25.3 Å². The van der Waals surface area contributed by atoms with Crippen molar-refractivity contribution in [3.05, 3.63) is 11.2 Å². The monoisotopic (exact) mass is 326 g/mol. The van der Waals surface area contributed by atoms with Gasteiger partial charge in [-0.3, -0.25) is 0 Å². The molecule has 0 aliphatic heterocycles. The predicted molar refractivity (Wildman–Crippen MR) is 69.7 cm³/mol. The maximum atomic E-state index is 11.7. The number of hydrogen-bond acceptors (Lipinski definition) is 4. The van der Waals surface area contributed by atoms with Crippen LogP contribution in [0.1, 0.15) is 24.3 Å². The number of rotatable bonds is 7. The molecule has 7 heteroatoms. The first kappa shape index (κ1) is 14.1. The van der Waals surface area contributed by atoms with E-state index in [4.69, 9.17) is 0 Å². The van der Waals surface area contributed by atoms with E-state index in [1.165, 1.54) is 17.5 Å². The Morgan fingerprint density at radius 1 is 1.44 bits per heavy atom. The van der Waals surface area contributed by atoms with Crippen LogP contribution >= 0.6 is 27.3 Å². The van der Waals surface area contributed by atoms with Gasteiger partial charge in [0.1, 0.15) is 0 Å². The van der Waals surface area contributed by atoms with Gasteiger partial charge in [-0.1, -0.05) is 22.4 Å². The maximum Gasteiger partial charge on any atom is 0.251 e. The summed E-state index contributed by atoms with van der Waals surface area (Å²) in [6.07, 6.45) is 4.36. The number of thiazole rings is 1. The fraction of sp³-hybridized carbons (Fsp3) is 0.667. The minimum Gasteiger partial charge on any atom is -0.249 e. The molecule has 0 radical (unpaired) electrons. The number of halogens is 1. The van der Waals surface area contributed by atoms with Crippen LogP contribution in [0.3, 0.4) is 0 Å². The summed E-state index contributed by atoms with van der Waals surface area (Å²) in [4.78, 5) is 3.93. The summed E-state index contributed by atoms with van der Waals surface area (Å²) in [6, 6.07) is 0. The number of sulfonamides is 1. The molecule has 16 heavy (non-hydrogen) atoms. The van der Waals surface area contributed by atoms with Gasteiger partial charge < -0.3 is 0 Å². The van der Waals surface area contributed by atoms with Gasteiger partial charge in [-0.15, -0.1) is 11.3 Å². The van der Waals surface area contributed by atoms with Crippen molar-refractivity contribution < 1.29 is 8.42 Å². The molecule has 0 saturated carbocycles. The summed E-state index contributed by atoms with van der Waals surface area (Å²) in [5, 5.41) is 1.73. The first-order valence-corrected chi connectivity index (χ1v) is 8.46. The highest BCUT2D eigenvalue weighted by molar-refractivity contribution is 9.09. The molecule has 0 spiro atoms. The molecule has 0 amide bonds. The van der Waals surface area contributed by atoms with Crippen LogP contribution in [0.25, 0.3) is 0 Å². The number of nitrogens with one attached hydrogen (secondary N) is 1. The SMILES string of the molecule is Cc1ncc(S(=O)(=O)NCCCCCBr)s1. The molecular weight excluding hydrogens is 312 g/mol. The molecule has 0 aromatic carbocycles. The van der Waals surface area contributed by atoms with Crippen LogP contribution in [0.4, 0.5) is 0 Å². The van der Waals surface area contributed by atoms with Gasteiger partial charge in [0.25, 0.3) is 10.0 Å². The number of unbranched alkanes of at least 4 members (excludes halogenated alkanes) is 2. The van der Waals surface area contributed by atoms with Crippen LogP contribution < -0.4 is 4.72 Å². The molecule has 1 rings (SSSR count). The van der Waals surface area contributed by atoms with Crippen LogP contribution in [0, 0.1) is 6.92 Å². The first-order valence-electron chi connectivity index (χ1n) is 5.04. The normalized spacial score (nSPS) is 11.9. The quantitative estimate of drug-likeness (QED) is 0.617. The van der Waals surface area contributed by atoms with Crippen LogP contribution in [0.2, 0.25) is 0 Å². The van der Waals surface area contributed by atoms with Gasteiger partial charge in [-0.25, -0.2) is 18.1 Å². The highest BCUT2D eigenvalue weighted by Crippen LogP contribution is 2.17. The van der Waals surface area contributed by atoms with Gasteiger partial charge in [0, 0.05) is 11.9 Å². The van der Waals surface area contributed by atoms with E-state index in [2.05, 4.69) is 25.6 Å². The highest BCUT2D eigenvalue weighted by Gasteiger charge is 2.15. The Morgan fingerprint density at radius 3 is 2.75 bits per heavy atom. The number of aromatic nitrogens is 1. The molecule has 0 unspecified atom stereocenters. The van der Waals surface area contributed by atoms with E-state index in [0.717, 1.165) is 29.6 Å². The summed E-state index contributed by atoms with van der Waals surface area (Å²) in [5.74, 6) is 0. The van der Waals surface area contributed by atoms with Crippen molar-refractivity contribution in [2.45, 2.75) is 30.4 Å². The van der Waals surface area contributed by atoms with E-state index in [9.17, 15) is 8.42 Å². The fourth-order valence-electron chi connectivity index (χ4n) is 1.14. The summed E-state index contributed by atoms with van der Waals surface area (Å²) in [6.45, 7) is 2.28. The average Bonchev–Trinajstić information content (AvgIpc) is 2.65. The van der Waals surface area contributed by atoms with Gasteiger partial charge in [0.2, 0.25) is 0 Å². The van der Waals surface area contributed by atoms with E-state index in [1.807, 2.05) is 0 Å². The number of nitrogens with zero attached hydrogens (tertiary/aromatic N) is 1. The summed E-state index contributed by atoms with van der Waals surface area (Å²) < 4.78 is 26.3. The second-order valence-electron chi connectivity index (χ2n) is 3.35. The minimum absolute atomic E-state index is 0.297. The third-order valence-corrected chi connectivity index (χ3v) is 5.36. The third-order valence-electron chi connectivity index (χ3n) is 1.97. The van der Waals surface area contributed by atoms with Gasteiger partial charge in [0.15, 0.2) is 4.21 Å². The van der Waals surface area contributed by atoms with Crippen molar-refractivity contribution in [3.63, 3.8) is 0 Å². The molecule has 0 aliphatic carbocycles. The molecule has 4 nitrogen and oxygen atoms in total. The molecule has 0 fully saturated rings. The molecule has 1 heterocycles. The van der Waals surface area contributed by atoms with E-state index >= 15 is 0 Å². The molecule has 0 saturated heterocycles. The predicted octanol–water partition coefficient (Wildman–Crippen LogP) is 2.30. The summed E-state index contributed by atoms with van der Waals surface area (Å²) in [7, 11) is -3.33. The second kappa shape index (κ2) is 6.68. The Hall–Kier alpha value is 0.0200. The molecule has 0 bridgehead atoms. The smallest absolute Gasteiger partial charge is 0.249 e. The molecule has 1 aromatic rings. The largest absolute Gasteiger partial charge is 0.251 e. The Morgan fingerprint density at radius 2 is 2.19 bits per heavy atom. The lowest BCUT2D eigenvalue weighted by Crippen LogP contribution is -2.24. The van der Waals surface area contributed by atoms with Crippen LogP contribution in [0.15, 0.2) is 10.4 Å². The third kappa shape index (κ3) is 4.48.